The predicted molar refractivity (Wildman–Crippen MR) is 22.3 cm³/mol. The first-order chi connectivity index (χ1) is 1.91. The van der Waals surface area contributed by atoms with Crippen molar-refractivity contribution in [3.05, 3.63) is 12.7 Å². The quantitative estimate of drug-likeness (QED) is 0.379. The molecule has 0 atom stereocenters. The Morgan fingerprint density at radius 1 is 1.80 bits per heavy atom. The van der Waals surface area contributed by atoms with E-state index in [-0.39, 0.29) is 12.4 Å². The molecule has 0 aliphatic carbocycles. The number of hydrogen-bond donors (Lipinski definition) is 0. The summed E-state index contributed by atoms with van der Waals surface area (Å²) in [5, 5.41) is 0.708. The van der Waals surface area contributed by atoms with Crippen LogP contribution in [-0.2, 0) is 15.5 Å². The average Bonchev–Trinajstić information content (AvgIpc) is 1.37. The van der Waals surface area contributed by atoms with Gasteiger partial charge in [0.2, 0.25) is 0 Å². The van der Waals surface area contributed by atoms with Crippen LogP contribution in [-0.4, -0.2) is 0 Å². The molecule has 0 heterocycles. The second-order valence-corrected chi connectivity index (χ2v) is 0.821. The van der Waals surface area contributed by atoms with Gasteiger partial charge in [0.25, 0.3) is 0 Å². The molecule has 0 aromatic heterocycles. The van der Waals surface area contributed by atoms with Gasteiger partial charge in [0.1, 0.15) is 0 Å². The van der Waals surface area contributed by atoms with E-state index < -0.39 is 0 Å². The van der Waals surface area contributed by atoms with Gasteiger partial charge in [0.05, 0.1) is 0 Å². The van der Waals surface area contributed by atoms with Gasteiger partial charge in [-0.2, -0.15) is 0 Å². The molecule has 0 aliphatic rings. The SMILES string of the molecule is C=C[CH2][Ni].Cl. The van der Waals surface area contributed by atoms with Gasteiger partial charge in [-0.3, -0.25) is 0 Å². The second-order valence-electron chi connectivity index (χ2n) is 0.418. The summed E-state index contributed by atoms with van der Waals surface area (Å²) in [4.78, 5) is 0. The van der Waals surface area contributed by atoms with Gasteiger partial charge >= 0.3 is 33.5 Å². The summed E-state index contributed by atoms with van der Waals surface area (Å²) in [5.74, 6) is 0. The Labute approximate surface area is 46.4 Å². The van der Waals surface area contributed by atoms with E-state index in [2.05, 4.69) is 22.0 Å². The van der Waals surface area contributed by atoms with Gasteiger partial charge in [-0.1, -0.05) is 0 Å². The van der Waals surface area contributed by atoms with Crippen molar-refractivity contribution < 1.29 is 15.5 Å². The van der Waals surface area contributed by atoms with Crippen LogP contribution in [0.1, 0.15) is 0 Å². The standard InChI is InChI=1S/C3H5.ClH.Ni/c1-3-2;;/h3H,1-2H2;1H;. The number of hydrogen-bond acceptors (Lipinski definition) is 0. The van der Waals surface area contributed by atoms with E-state index >= 15 is 0 Å². The maximum absolute atomic E-state index is 4.20. The molecule has 0 saturated heterocycles. The molecule has 0 radical (unpaired) electrons. The summed E-state index contributed by atoms with van der Waals surface area (Å²) in [6.07, 6.45) is 1.71. The average molecular weight is 136 g/mol. The maximum Gasteiger partial charge on any atom is -0.147 e. The molecule has 0 fully saturated rings. The van der Waals surface area contributed by atoms with E-state index in [0.29, 0.717) is 5.39 Å². The van der Waals surface area contributed by atoms with Gasteiger partial charge in [-0.15, -0.1) is 12.4 Å². The van der Waals surface area contributed by atoms with Crippen LogP contribution in [0.2, 0.25) is 5.39 Å². The van der Waals surface area contributed by atoms with E-state index in [0.717, 1.165) is 0 Å². The molecule has 0 aromatic carbocycles. The van der Waals surface area contributed by atoms with Crippen molar-refractivity contribution in [3.63, 3.8) is 0 Å². The fourth-order valence-corrected chi connectivity index (χ4v) is 0. The molecule has 2 heteroatoms. The molecular weight excluding hydrogens is 130 g/mol. The Morgan fingerprint density at radius 3 is 2.00 bits per heavy atom. The molecular formula is C3H6ClNi. The third-order valence-electron chi connectivity index (χ3n) is 0.0913. The summed E-state index contributed by atoms with van der Waals surface area (Å²) in [7, 11) is 0. The van der Waals surface area contributed by atoms with Gasteiger partial charge in [-0.05, 0) is 0 Å². The largest absolute Gasteiger partial charge is 0.147 e. The zero-order chi connectivity index (χ0) is 3.41. The zero-order valence-corrected chi connectivity index (χ0v) is 4.52. The van der Waals surface area contributed by atoms with Crippen molar-refractivity contribution in [1.82, 2.24) is 0 Å². The van der Waals surface area contributed by atoms with Crippen molar-refractivity contribution in [3.8, 4) is 0 Å². The minimum atomic E-state index is 0. The number of halogens is 1. The third kappa shape index (κ3) is 12.4. The smallest absolute Gasteiger partial charge is 0.147 e. The molecule has 0 nitrogen and oxygen atoms in total. The second kappa shape index (κ2) is 8.82. The van der Waals surface area contributed by atoms with Crippen LogP contribution in [0, 0.1) is 0 Å². The third-order valence-corrected chi connectivity index (χ3v) is 0.376. The van der Waals surface area contributed by atoms with Crippen LogP contribution < -0.4 is 0 Å². The Hall–Kier alpha value is 0.524. The molecule has 0 spiro atoms. The van der Waals surface area contributed by atoms with E-state index in [1.165, 1.54) is 0 Å². The van der Waals surface area contributed by atoms with Crippen molar-refractivity contribution >= 4 is 12.4 Å². The first-order valence-electron chi connectivity index (χ1n) is 1.04. The number of rotatable bonds is 1. The Balaban J connectivity index is 0. The molecule has 0 unspecified atom stereocenters. The first kappa shape index (κ1) is 9.10. The van der Waals surface area contributed by atoms with Crippen molar-refractivity contribution in [2.75, 3.05) is 0 Å². The first-order valence-corrected chi connectivity index (χ1v) is 1.74. The summed E-state index contributed by atoms with van der Waals surface area (Å²) in [6, 6.07) is 0. The van der Waals surface area contributed by atoms with Gasteiger partial charge in [0.15, 0.2) is 0 Å². The molecule has 0 amide bonds. The van der Waals surface area contributed by atoms with Crippen molar-refractivity contribution in [2.24, 2.45) is 0 Å². The van der Waals surface area contributed by atoms with Gasteiger partial charge in [0, 0.05) is 0 Å². The maximum atomic E-state index is 4.20. The number of allylic oxidation sites excluding steroid dienone is 1. The van der Waals surface area contributed by atoms with Crippen LogP contribution in [0.15, 0.2) is 12.7 Å². The van der Waals surface area contributed by atoms with Crippen LogP contribution in [0.25, 0.3) is 0 Å². The molecule has 0 bridgehead atoms. The van der Waals surface area contributed by atoms with Gasteiger partial charge in [-0.25, -0.2) is 0 Å². The summed E-state index contributed by atoms with van der Waals surface area (Å²) in [5.41, 5.74) is 0. The zero-order valence-electron chi connectivity index (χ0n) is 2.72. The van der Waals surface area contributed by atoms with Crippen LogP contribution >= 0.6 is 12.4 Å². The van der Waals surface area contributed by atoms with E-state index in [4.69, 9.17) is 0 Å². The fraction of sp³-hybridized carbons (Fsp3) is 0.333. The minimum absolute atomic E-state index is 0. The topological polar surface area (TPSA) is 0 Å². The molecule has 0 rings (SSSR count). The summed E-state index contributed by atoms with van der Waals surface area (Å²) >= 11 is 4.20. The minimum Gasteiger partial charge on any atom is -0.147 e. The molecule has 0 aliphatic heterocycles. The van der Waals surface area contributed by atoms with Crippen LogP contribution in [0.3, 0.4) is 0 Å². The van der Waals surface area contributed by atoms with E-state index in [9.17, 15) is 0 Å². The monoisotopic (exact) mass is 135 g/mol. The van der Waals surface area contributed by atoms with Gasteiger partial charge < -0.3 is 0 Å². The van der Waals surface area contributed by atoms with Crippen molar-refractivity contribution in [1.29, 1.82) is 0 Å². The van der Waals surface area contributed by atoms with Crippen molar-refractivity contribution in [2.45, 2.75) is 5.39 Å². The molecule has 0 saturated carbocycles. The summed E-state index contributed by atoms with van der Waals surface area (Å²) in [6.45, 7) is 3.39. The van der Waals surface area contributed by atoms with Crippen LogP contribution in [0.4, 0.5) is 0 Å². The normalized spacial score (nSPS) is 5.20. The Morgan fingerprint density at radius 2 is 2.00 bits per heavy atom. The summed E-state index contributed by atoms with van der Waals surface area (Å²) < 4.78 is 0. The molecule has 5 heavy (non-hydrogen) atoms. The molecule has 0 N–H and O–H groups in total. The Bertz CT molecular complexity index is 20.9. The molecule has 0 aromatic rings. The predicted octanol–water partition coefficient (Wildman–Crippen LogP) is 1.56. The Kier molecular flexibility index (Phi) is 16.1. The van der Waals surface area contributed by atoms with E-state index in [1.54, 1.807) is 6.08 Å². The fourth-order valence-electron chi connectivity index (χ4n) is 0. The van der Waals surface area contributed by atoms with E-state index in [1.807, 2.05) is 0 Å². The van der Waals surface area contributed by atoms with Crippen LogP contribution in [0.5, 0.6) is 0 Å². The molecule has 35 valence electrons.